The quantitative estimate of drug-likeness (QED) is 0.486. The van der Waals surface area contributed by atoms with Crippen LogP contribution in [0.25, 0.3) is 11.1 Å². The van der Waals surface area contributed by atoms with Gasteiger partial charge >= 0.3 is 0 Å². The summed E-state index contributed by atoms with van der Waals surface area (Å²) in [5.41, 5.74) is 3.02. The van der Waals surface area contributed by atoms with E-state index in [0.29, 0.717) is 18.7 Å². The second-order valence-corrected chi connectivity index (χ2v) is 11.0. The average molecular weight is 507 g/mol. The fourth-order valence-corrected chi connectivity index (χ4v) is 4.79. The van der Waals surface area contributed by atoms with Gasteiger partial charge in [-0.3, -0.25) is 19.4 Å². The Balaban J connectivity index is 1.54. The second kappa shape index (κ2) is 9.66. The third-order valence-corrected chi connectivity index (χ3v) is 7.76. The number of methoxy groups -OCH3 is 1. The van der Waals surface area contributed by atoms with Gasteiger partial charge in [-0.05, 0) is 65.9 Å². The topological polar surface area (TPSA) is 103 Å². The van der Waals surface area contributed by atoms with Crippen molar-refractivity contribution in [1.29, 1.82) is 5.41 Å². The number of benzene rings is 3. The lowest BCUT2D eigenvalue weighted by Gasteiger charge is -2.23. The molecule has 1 amide bonds. The molecule has 0 aromatic heterocycles. The highest BCUT2D eigenvalue weighted by Crippen LogP contribution is 2.32. The molecule has 36 heavy (non-hydrogen) atoms. The zero-order valence-electron chi connectivity index (χ0n) is 20.8. The Morgan fingerprint density at radius 1 is 1.03 bits per heavy atom. The van der Waals surface area contributed by atoms with E-state index in [1.54, 1.807) is 32.2 Å². The van der Waals surface area contributed by atoms with E-state index >= 15 is 0 Å². The van der Waals surface area contributed by atoms with E-state index in [0.717, 1.165) is 34.3 Å². The largest absolute Gasteiger partial charge is 0.497 e. The molecule has 9 heteroatoms. The zero-order valence-corrected chi connectivity index (χ0v) is 21.6. The molecule has 0 spiro atoms. The minimum absolute atomic E-state index is 0.0405. The predicted octanol–water partition coefficient (Wildman–Crippen LogP) is 3.58. The van der Waals surface area contributed by atoms with Gasteiger partial charge in [0, 0.05) is 13.6 Å². The molecule has 1 aliphatic heterocycles. The van der Waals surface area contributed by atoms with Crippen molar-refractivity contribution >= 4 is 27.6 Å². The van der Waals surface area contributed by atoms with E-state index in [9.17, 15) is 13.2 Å². The molecule has 1 saturated heterocycles. The summed E-state index contributed by atoms with van der Waals surface area (Å²) in [7, 11) is -0.251. The maximum atomic E-state index is 13.5. The lowest BCUT2D eigenvalue weighted by molar-refractivity contribution is -0.130. The van der Waals surface area contributed by atoms with Gasteiger partial charge in [0.05, 0.1) is 19.1 Å². The van der Waals surface area contributed by atoms with Gasteiger partial charge in [-0.15, -0.1) is 0 Å². The van der Waals surface area contributed by atoms with E-state index in [-0.39, 0.29) is 11.9 Å². The summed E-state index contributed by atoms with van der Waals surface area (Å²) in [6.07, 6.45) is 1.63. The van der Waals surface area contributed by atoms with Gasteiger partial charge in [-0.1, -0.05) is 42.5 Å². The summed E-state index contributed by atoms with van der Waals surface area (Å²) in [6.45, 7) is 2.08. The van der Waals surface area contributed by atoms with Gasteiger partial charge in [0.15, 0.2) is 5.96 Å². The normalized spacial score (nSPS) is 17.7. The second-order valence-electron chi connectivity index (χ2n) is 9.02. The minimum atomic E-state index is -3.38. The van der Waals surface area contributed by atoms with Crippen LogP contribution in [0.5, 0.6) is 5.75 Å². The predicted molar refractivity (Wildman–Crippen MR) is 142 cm³/mol. The molecule has 1 unspecified atom stereocenters. The minimum Gasteiger partial charge on any atom is -0.497 e. The lowest BCUT2D eigenvalue weighted by atomic mass is 9.89. The first kappa shape index (κ1) is 25.2. The van der Waals surface area contributed by atoms with E-state index in [2.05, 4.69) is 5.32 Å². The SMILES string of the molecule is COc1cccc(-c2cccc(C3(C)NC(=N)N(CCc4cccc(N(C)S(C)(=O)=O)c4)C3=O)c2)c1. The summed E-state index contributed by atoms with van der Waals surface area (Å²) >= 11 is 0. The smallest absolute Gasteiger partial charge is 0.259 e. The Kier molecular flexibility index (Phi) is 6.77. The number of nitrogens with zero attached hydrogens (tertiary/aromatic N) is 2. The first-order chi connectivity index (χ1) is 17.0. The van der Waals surface area contributed by atoms with Crippen LogP contribution >= 0.6 is 0 Å². The summed E-state index contributed by atoms with van der Waals surface area (Å²) in [5, 5.41) is 11.5. The number of rotatable bonds is 8. The molecule has 2 N–H and O–H groups in total. The molecule has 1 fully saturated rings. The molecule has 1 atom stereocenters. The maximum Gasteiger partial charge on any atom is 0.259 e. The molecule has 0 aliphatic carbocycles. The molecule has 1 aliphatic rings. The maximum absolute atomic E-state index is 13.5. The Bertz CT molecular complexity index is 1420. The highest BCUT2D eigenvalue weighted by molar-refractivity contribution is 7.92. The Hall–Kier alpha value is -3.85. The molecular formula is C27H30N4O4S. The lowest BCUT2D eigenvalue weighted by Crippen LogP contribution is -2.41. The number of guanidine groups is 1. The molecule has 1 heterocycles. The number of hydrogen-bond acceptors (Lipinski definition) is 5. The number of sulfonamides is 1. The van der Waals surface area contributed by atoms with Crippen LogP contribution in [0.15, 0.2) is 72.8 Å². The highest BCUT2D eigenvalue weighted by atomic mass is 32.2. The third kappa shape index (κ3) is 4.92. The van der Waals surface area contributed by atoms with E-state index in [4.69, 9.17) is 10.1 Å². The zero-order chi connectivity index (χ0) is 26.1. The number of ether oxygens (including phenoxy) is 1. The van der Waals surface area contributed by atoms with Crippen molar-refractivity contribution < 1.29 is 17.9 Å². The molecule has 0 saturated carbocycles. The first-order valence-electron chi connectivity index (χ1n) is 11.5. The Morgan fingerprint density at radius 2 is 1.69 bits per heavy atom. The summed E-state index contributed by atoms with van der Waals surface area (Å²) in [4.78, 5) is 15.0. The van der Waals surface area contributed by atoms with E-state index in [1.165, 1.54) is 16.3 Å². The van der Waals surface area contributed by atoms with E-state index in [1.807, 2.05) is 54.6 Å². The number of hydrogen-bond donors (Lipinski definition) is 2. The number of carbonyl (C=O) groups excluding carboxylic acids is 1. The number of amides is 1. The van der Waals surface area contributed by atoms with E-state index < -0.39 is 15.6 Å². The first-order valence-corrected chi connectivity index (χ1v) is 13.3. The number of carbonyl (C=O) groups is 1. The molecular weight excluding hydrogens is 476 g/mol. The summed E-state index contributed by atoms with van der Waals surface area (Å²) < 4.78 is 30.3. The van der Waals surface area contributed by atoms with Crippen LogP contribution in [0.1, 0.15) is 18.1 Å². The fourth-order valence-electron chi connectivity index (χ4n) is 4.29. The average Bonchev–Trinajstić information content (AvgIpc) is 3.10. The molecule has 0 radical (unpaired) electrons. The summed E-state index contributed by atoms with van der Waals surface area (Å²) in [5.74, 6) is 0.581. The van der Waals surface area contributed by atoms with Crippen LogP contribution in [-0.2, 0) is 26.8 Å². The monoisotopic (exact) mass is 506 g/mol. The van der Waals surface area contributed by atoms with Gasteiger partial charge in [0.1, 0.15) is 11.3 Å². The highest BCUT2D eigenvalue weighted by Gasteiger charge is 2.47. The van der Waals surface area contributed by atoms with Crippen LogP contribution < -0.4 is 14.4 Å². The Morgan fingerprint density at radius 3 is 2.39 bits per heavy atom. The molecule has 3 aromatic rings. The van der Waals surface area contributed by atoms with Crippen molar-refractivity contribution in [3.63, 3.8) is 0 Å². The van der Waals surface area contributed by atoms with Crippen molar-refractivity contribution in [2.45, 2.75) is 18.9 Å². The van der Waals surface area contributed by atoms with Crippen LogP contribution in [0.2, 0.25) is 0 Å². The van der Waals surface area contributed by atoms with Gasteiger partial charge in [0.2, 0.25) is 10.0 Å². The Labute approximate surface area is 212 Å². The van der Waals surface area contributed by atoms with Crippen molar-refractivity contribution in [1.82, 2.24) is 10.2 Å². The van der Waals surface area contributed by atoms with Crippen molar-refractivity contribution in [2.75, 3.05) is 31.3 Å². The van der Waals surface area contributed by atoms with Gasteiger partial charge in [-0.25, -0.2) is 8.42 Å². The van der Waals surface area contributed by atoms with Crippen LogP contribution in [0, 0.1) is 5.41 Å². The number of nitrogens with one attached hydrogen (secondary N) is 2. The van der Waals surface area contributed by atoms with Gasteiger partial charge in [-0.2, -0.15) is 0 Å². The third-order valence-electron chi connectivity index (χ3n) is 6.55. The van der Waals surface area contributed by atoms with Crippen molar-refractivity contribution in [3.8, 4) is 16.9 Å². The van der Waals surface area contributed by atoms with Crippen molar-refractivity contribution in [2.24, 2.45) is 0 Å². The molecule has 0 bridgehead atoms. The fraction of sp³-hybridized carbons (Fsp3) is 0.259. The molecule has 188 valence electrons. The summed E-state index contributed by atoms with van der Waals surface area (Å²) in [6, 6.07) is 22.6. The number of anilines is 1. The molecule has 4 rings (SSSR count). The van der Waals surface area contributed by atoms with Crippen LogP contribution in [0.4, 0.5) is 5.69 Å². The molecule has 3 aromatic carbocycles. The van der Waals surface area contributed by atoms with Gasteiger partial charge < -0.3 is 10.1 Å². The van der Waals surface area contributed by atoms with Crippen LogP contribution in [0.3, 0.4) is 0 Å². The van der Waals surface area contributed by atoms with Gasteiger partial charge in [0.25, 0.3) is 5.91 Å². The molecule has 8 nitrogen and oxygen atoms in total. The van der Waals surface area contributed by atoms with Crippen molar-refractivity contribution in [3.05, 3.63) is 83.9 Å². The van der Waals surface area contributed by atoms with Crippen LogP contribution in [-0.4, -0.2) is 52.1 Å². The standard InChI is InChI=1S/C27H30N4O4S/c1-27(22-11-6-9-20(17-22)21-10-7-13-24(18-21)35-3)25(32)31(26(28)29-27)15-14-19-8-5-12-23(16-19)30(2)36(4,33)34/h5-13,16-18H,14-15H2,1-4H3,(H2,28,29).